The Hall–Kier alpha value is -1.88. The molecule has 110 valence electrons. The quantitative estimate of drug-likeness (QED) is 0.670. The summed E-state index contributed by atoms with van der Waals surface area (Å²) in [5, 5.41) is 0. The van der Waals surface area contributed by atoms with E-state index in [0.717, 1.165) is 10.0 Å². The van der Waals surface area contributed by atoms with Crippen LogP contribution in [0.25, 0.3) is 0 Å². The van der Waals surface area contributed by atoms with E-state index in [-0.39, 0.29) is 17.0 Å². The van der Waals surface area contributed by atoms with Gasteiger partial charge in [0, 0.05) is 21.3 Å². The predicted molar refractivity (Wildman–Crippen MR) is 84.4 cm³/mol. The van der Waals surface area contributed by atoms with E-state index in [0.29, 0.717) is 16.9 Å². The molecule has 0 atom stereocenters. The van der Waals surface area contributed by atoms with Crippen molar-refractivity contribution in [2.45, 2.75) is 13.8 Å². The van der Waals surface area contributed by atoms with Crippen LogP contribution in [0.2, 0.25) is 0 Å². The fourth-order valence-corrected chi connectivity index (χ4v) is 2.33. The van der Waals surface area contributed by atoms with E-state index in [1.807, 2.05) is 6.92 Å². The lowest BCUT2D eigenvalue weighted by atomic mass is 9.99. The maximum Gasteiger partial charge on any atom is 0.196 e. The molecule has 0 saturated carbocycles. The zero-order chi connectivity index (χ0) is 15.7. The first-order valence-corrected chi connectivity index (χ1v) is 7.09. The molecule has 0 unspecified atom stereocenters. The first kappa shape index (κ1) is 15.5. The molecule has 0 aliphatic rings. The van der Waals surface area contributed by atoms with Crippen molar-refractivity contribution >= 4 is 27.4 Å². The second-order valence-electron chi connectivity index (χ2n) is 4.80. The van der Waals surface area contributed by atoms with Crippen molar-refractivity contribution in [2.24, 2.45) is 0 Å². The summed E-state index contributed by atoms with van der Waals surface area (Å²) in [6.07, 6.45) is 0. The summed E-state index contributed by atoms with van der Waals surface area (Å²) in [4.78, 5) is 12.6. The maximum absolute atomic E-state index is 13.8. The Labute approximate surface area is 131 Å². The highest BCUT2D eigenvalue weighted by atomic mass is 79.9. The second-order valence-corrected chi connectivity index (χ2v) is 5.66. The van der Waals surface area contributed by atoms with Gasteiger partial charge in [-0.25, -0.2) is 4.39 Å². The van der Waals surface area contributed by atoms with Crippen LogP contribution in [0.15, 0.2) is 28.7 Å². The molecule has 0 spiro atoms. The van der Waals surface area contributed by atoms with Crippen molar-refractivity contribution < 1.29 is 13.9 Å². The normalized spacial score (nSPS) is 10.5. The molecule has 5 heteroatoms. The molecule has 0 radical (unpaired) electrons. The van der Waals surface area contributed by atoms with Gasteiger partial charge in [-0.3, -0.25) is 4.79 Å². The van der Waals surface area contributed by atoms with Gasteiger partial charge in [0.1, 0.15) is 11.6 Å². The number of rotatable bonds is 3. The number of benzene rings is 2. The number of halogens is 2. The monoisotopic (exact) mass is 351 g/mol. The number of anilines is 1. The third kappa shape index (κ3) is 2.93. The molecule has 2 N–H and O–H groups in total. The van der Waals surface area contributed by atoms with Crippen LogP contribution >= 0.6 is 15.9 Å². The Bertz CT molecular complexity index is 705. The largest absolute Gasteiger partial charge is 0.496 e. The van der Waals surface area contributed by atoms with E-state index >= 15 is 0 Å². The molecule has 0 aliphatic heterocycles. The molecule has 0 amide bonds. The number of ketones is 1. The number of carbonyl (C=O) groups excluding carboxylic acids is 1. The van der Waals surface area contributed by atoms with Gasteiger partial charge < -0.3 is 10.5 Å². The molecule has 2 rings (SSSR count). The van der Waals surface area contributed by atoms with E-state index in [1.165, 1.54) is 19.2 Å². The lowest BCUT2D eigenvalue weighted by Crippen LogP contribution is -2.07. The number of hydrogen-bond donors (Lipinski definition) is 1. The van der Waals surface area contributed by atoms with Gasteiger partial charge in [-0.1, -0.05) is 15.9 Å². The van der Waals surface area contributed by atoms with Gasteiger partial charge in [0.05, 0.1) is 12.7 Å². The highest BCUT2D eigenvalue weighted by Gasteiger charge is 2.18. The zero-order valence-electron chi connectivity index (χ0n) is 12.0. The third-order valence-electron chi connectivity index (χ3n) is 3.37. The van der Waals surface area contributed by atoms with Gasteiger partial charge in [-0.05, 0) is 43.7 Å². The number of nitrogen functional groups attached to an aromatic ring is 1. The first-order chi connectivity index (χ1) is 9.85. The van der Waals surface area contributed by atoms with Crippen molar-refractivity contribution in [3.05, 3.63) is 56.8 Å². The summed E-state index contributed by atoms with van der Waals surface area (Å²) in [5.41, 5.74) is 7.82. The molecule has 0 aliphatic carbocycles. The molecular weight excluding hydrogens is 337 g/mol. The van der Waals surface area contributed by atoms with Crippen LogP contribution in [0.1, 0.15) is 27.0 Å². The zero-order valence-corrected chi connectivity index (χ0v) is 13.5. The summed E-state index contributed by atoms with van der Waals surface area (Å²) >= 11 is 3.38. The summed E-state index contributed by atoms with van der Waals surface area (Å²) in [7, 11) is 1.49. The number of ether oxygens (including phenoxy) is 1. The van der Waals surface area contributed by atoms with E-state index in [4.69, 9.17) is 10.5 Å². The van der Waals surface area contributed by atoms with Gasteiger partial charge in [0.2, 0.25) is 0 Å². The number of nitrogens with two attached hydrogens (primary N) is 1. The van der Waals surface area contributed by atoms with Crippen LogP contribution in [0.5, 0.6) is 5.75 Å². The topological polar surface area (TPSA) is 52.3 Å². The minimum Gasteiger partial charge on any atom is -0.496 e. The van der Waals surface area contributed by atoms with Crippen LogP contribution in [-0.4, -0.2) is 12.9 Å². The smallest absolute Gasteiger partial charge is 0.196 e. The summed E-state index contributed by atoms with van der Waals surface area (Å²) in [6, 6.07) is 6.10. The lowest BCUT2D eigenvalue weighted by Gasteiger charge is -2.11. The van der Waals surface area contributed by atoms with Crippen molar-refractivity contribution in [3.8, 4) is 5.75 Å². The molecular formula is C16H15BrFNO2. The number of carbonyl (C=O) groups is 1. The van der Waals surface area contributed by atoms with Gasteiger partial charge in [-0.2, -0.15) is 0 Å². The molecule has 0 heterocycles. The van der Waals surface area contributed by atoms with Crippen LogP contribution in [0.4, 0.5) is 10.1 Å². The van der Waals surface area contributed by atoms with Crippen LogP contribution < -0.4 is 10.5 Å². The number of methoxy groups -OCH3 is 1. The Morgan fingerprint density at radius 2 is 1.90 bits per heavy atom. The van der Waals surface area contributed by atoms with Crippen molar-refractivity contribution in [1.29, 1.82) is 0 Å². The van der Waals surface area contributed by atoms with Gasteiger partial charge >= 0.3 is 0 Å². The lowest BCUT2D eigenvalue weighted by molar-refractivity contribution is 0.103. The van der Waals surface area contributed by atoms with Crippen molar-refractivity contribution in [1.82, 2.24) is 0 Å². The van der Waals surface area contributed by atoms with E-state index in [9.17, 15) is 9.18 Å². The van der Waals surface area contributed by atoms with Gasteiger partial charge in [0.25, 0.3) is 0 Å². The fourth-order valence-electron chi connectivity index (χ4n) is 1.99. The average Bonchev–Trinajstić information content (AvgIpc) is 2.45. The first-order valence-electron chi connectivity index (χ1n) is 6.29. The van der Waals surface area contributed by atoms with Crippen LogP contribution in [0, 0.1) is 19.7 Å². The standard InChI is InChI=1S/C16H15BrFNO2/c1-8-4-15(21-3)11(7-12(8)17)16(20)10-5-13(18)9(2)14(19)6-10/h4-7H,19H2,1-3H3. The molecule has 21 heavy (non-hydrogen) atoms. The maximum atomic E-state index is 13.8. The summed E-state index contributed by atoms with van der Waals surface area (Å²) in [5.74, 6) is -0.387. The molecule has 0 saturated heterocycles. The summed E-state index contributed by atoms with van der Waals surface area (Å²) < 4.78 is 19.8. The molecule has 0 aromatic heterocycles. The highest BCUT2D eigenvalue weighted by Crippen LogP contribution is 2.29. The Kier molecular flexibility index (Phi) is 4.32. The molecule has 2 aromatic carbocycles. The minimum absolute atomic E-state index is 0.199. The summed E-state index contributed by atoms with van der Waals surface area (Å²) in [6.45, 7) is 3.46. The van der Waals surface area contributed by atoms with Crippen LogP contribution in [0.3, 0.4) is 0 Å². The molecule has 0 fully saturated rings. The Balaban J connectivity index is 2.57. The van der Waals surface area contributed by atoms with Crippen molar-refractivity contribution in [2.75, 3.05) is 12.8 Å². The van der Waals surface area contributed by atoms with Gasteiger partial charge in [0.15, 0.2) is 5.78 Å². The van der Waals surface area contributed by atoms with E-state index in [2.05, 4.69) is 15.9 Å². The molecule has 3 nitrogen and oxygen atoms in total. The fraction of sp³-hybridized carbons (Fsp3) is 0.188. The third-order valence-corrected chi connectivity index (χ3v) is 4.23. The SMILES string of the molecule is COc1cc(C)c(Br)cc1C(=O)c1cc(N)c(C)c(F)c1. The van der Waals surface area contributed by atoms with E-state index in [1.54, 1.807) is 19.1 Å². The molecule has 2 aromatic rings. The highest BCUT2D eigenvalue weighted by molar-refractivity contribution is 9.10. The second kappa shape index (κ2) is 5.85. The van der Waals surface area contributed by atoms with E-state index < -0.39 is 5.82 Å². The van der Waals surface area contributed by atoms with Crippen molar-refractivity contribution in [3.63, 3.8) is 0 Å². The average molecular weight is 352 g/mol. The van der Waals surface area contributed by atoms with Gasteiger partial charge in [-0.15, -0.1) is 0 Å². The van der Waals surface area contributed by atoms with Crippen LogP contribution in [-0.2, 0) is 0 Å². The predicted octanol–water partition coefficient (Wildman–Crippen LogP) is 4.03. The Morgan fingerprint density at radius 1 is 1.24 bits per heavy atom. The number of hydrogen-bond acceptors (Lipinski definition) is 3. The number of aryl methyl sites for hydroxylation is 1. The Morgan fingerprint density at radius 3 is 2.48 bits per heavy atom. The minimum atomic E-state index is -0.497. The molecule has 0 bridgehead atoms.